The maximum Gasteiger partial charge on any atom is 0.254 e. The molecule has 1 N–H and O–H groups in total. The Morgan fingerprint density at radius 3 is 2.35 bits per heavy atom. The number of methoxy groups -OCH3 is 3. The van der Waals surface area contributed by atoms with E-state index in [4.69, 9.17) is 25.8 Å². The molecule has 1 aliphatic rings. The minimum absolute atomic E-state index is 0.235. The minimum Gasteiger partial charge on any atom is -0.495 e. The van der Waals surface area contributed by atoms with Crippen LogP contribution in [0.25, 0.3) is 0 Å². The number of aromatic nitrogens is 1. The van der Waals surface area contributed by atoms with Gasteiger partial charge in [0, 0.05) is 30.7 Å². The molecule has 9 heteroatoms. The van der Waals surface area contributed by atoms with Gasteiger partial charge in [-0.2, -0.15) is 0 Å². The van der Waals surface area contributed by atoms with Crippen LogP contribution >= 0.6 is 11.6 Å². The Labute approximate surface area is 202 Å². The molecule has 0 spiro atoms. The number of amides is 2. The summed E-state index contributed by atoms with van der Waals surface area (Å²) in [4.78, 5) is 32.9. The highest BCUT2D eigenvalue weighted by Crippen LogP contribution is 2.46. The Hall–Kier alpha value is -3.78. The molecule has 0 saturated carbocycles. The van der Waals surface area contributed by atoms with Crippen molar-refractivity contribution in [2.24, 2.45) is 0 Å². The highest BCUT2D eigenvalue weighted by Gasteiger charge is 2.43. The first kappa shape index (κ1) is 23.4. The predicted octanol–water partition coefficient (Wildman–Crippen LogP) is 4.31. The number of carbonyl (C=O) groups excluding carboxylic acids is 2. The number of carbonyl (C=O) groups is 2. The van der Waals surface area contributed by atoms with Gasteiger partial charge in [0.25, 0.3) is 5.91 Å². The van der Waals surface area contributed by atoms with Crippen LogP contribution in [0.15, 0.2) is 54.9 Å². The van der Waals surface area contributed by atoms with Crippen molar-refractivity contribution < 1.29 is 23.8 Å². The molecular formula is C25H24ClN3O5. The second-order valence-corrected chi connectivity index (χ2v) is 8.17. The normalized spacial score (nSPS) is 17.1. The van der Waals surface area contributed by atoms with Crippen molar-refractivity contribution in [1.82, 2.24) is 9.88 Å². The summed E-state index contributed by atoms with van der Waals surface area (Å²) in [7, 11) is 6.20. The van der Waals surface area contributed by atoms with Crippen LogP contribution in [0.3, 0.4) is 0 Å². The Morgan fingerprint density at radius 2 is 1.74 bits per heavy atom. The Bertz CT molecular complexity index is 1230. The van der Waals surface area contributed by atoms with E-state index < -0.39 is 12.0 Å². The summed E-state index contributed by atoms with van der Waals surface area (Å²) < 4.78 is 16.1. The number of benzene rings is 2. The summed E-state index contributed by atoms with van der Waals surface area (Å²) >= 11 is 6.25. The molecule has 1 aliphatic heterocycles. The molecule has 4 rings (SSSR count). The summed E-state index contributed by atoms with van der Waals surface area (Å²) in [5.41, 5.74) is 2.13. The van der Waals surface area contributed by atoms with E-state index in [-0.39, 0.29) is 11.8 Å². The third-order valence-corrected chi connectivity index (χ3v) is 6.20. The van der Waals surface area contributed by atoms with Crippen molar-refractivity contribution in [3.05, 3.63) is 76.6 Å². The number of anilines is 1. The standard InChI is InChI=1S/C25H24ClN3O5/c1-29-23(14-6-5-9-27-13-14)22(24(30)28-15-7-8-19(32-2)18(26)10-15)16-11-20(33-3)21(34-4)12-17(16)25(29)31/h5-13,22-23H,1-4H3,(H,28,30)/t22-,23+/m1/s1. The highest BCUT2D eigenvalue weighted by molar-refractivity contribution is 6.32. The van der Waals surface area contributed by atoms with E-state index in [2.05, 4.69) is 10.3 Å². The van der Waals surface area contributed by atoms with E-state index in [0.717, 1.165) is 5.56 Å². The van der Waals surface area contributed by atoms with Crippen LogP contribution in [0, 0.1) is 0 Å². The zero-order chi connectivity index (χ0) is 24.4. The van der Waals surface area contributed by atoms with E-state index in [1.54, 1.807) is 60.7 Å². The molecule has 0 bridgehead atoms. The van der Waals surface area contributed by atoms with Crippen LogP contribution in [0.2, 0.25) is 5.02 Å². The summed E-state index contributed by atoms with van der Waals surface area (Å²) in [6, 6.07) is 11.3. The quantitative estimate of drug-likeness (QED) is 0.564. The van der Waals surface area contributed by atoms with Crippen molar-refractivity contribution in [2.75, 3.05) is 33.7 Å². The van der Waals surface area contributed by atoms with Gasteiger partial charge in [-0.05, 0) is 47.5 Å². The van der Waals surface area contributed by atoms with Crippen LogP contribution in [-0.2, 0) is 4.79 Å². The maximum absolute atomic E-state index is 13.8. The van der Waals surface area contributed by atoms with E-state index in [1.165, 1.54) is 21.3 Å². The van der Waals surface area contributed by atoms with Gasteiger partial charge >= 0.3 is 0 Å². The zero-order valence-corrected chi connectivity index (χ0v) is 19.9. The van der Waals surface area contributed by atoms with E-state index in [9.17, 15) is 9.59 Å². The van der Waals surface area contributed by atoms with Gasteiger partial charge in [-0.25, -0.2) is 0 Å². The van der Waals surface area contributed by atoms with Gasteiger partial charge in [0.05, 0.1) is 38.3 Å². The Kier molecular flexibility index (Phi) is 6.61. The fraction of sp³-hybridized carbons (Fsp3) is 0.240. The molecule has 1 aromatic heterocycles. The Balaban J connectivity index is 1.85. The number of ether oxygens (including phenoxy) is 3. The largest absolute Gasteiger partial charge is 0.495 e. The number of pyridine rings is 1. The Morgan fingerprint density at radius 1 is 1.03 bits per heavy atom. The minimum atomic E-state index is -0.761. The van der Waals surface area contributed by atoms with Crippen molar-refractivity contribution >= 4 is 29.1 Å². The number of nitrogens with zero attached hydrogens (tertiary/aromatic N) is 2. The van der Waals surface area contributed by atoms with Crippen LogP contribution < -0.4 is 19.5 Å². The smallest absolute Gasteiger partial charge is 0.254 e. The molecule has 0 saturated heterocycles. The first-order chi connectivity index (χ1) is 16.4. The number of fused-ring (bicyclic) bond motifs is 1. The molecule has 0 radical (unpaired) electrons. The molecule has 0 aliphatic carbocycles. The molecular weight excluding hydrogens is 458 g/mol. The average molecular weight is 482 g/mol. The molecule has 0 unspecified atom stereocenters. The molecule has 176 valence electrons. The molecule has 0 fully saturated rings. The summed E-state index contributed by atoms with van der Waals surface area (Å²) in [5.74, 6) is 0.0164. The summed E-state index contributed by atoms with van der Waals surface area (Å²) in [6.45, 7) is 0. The number of likely N-dealkylation sites (N-methyl/N-ethyl adjacent to an activating group) is 1. The first-order valence-corrected chi connectivity index (χ1v) is 10.8. The van der Waals surface area contributed by atoms with Crippen molar-refractivity contribution in [1.29, 1.82) is 0 Å². The van der Waals surface area contributed by atoms with Gasteiger partial charge in [-0.15, -0.1) is 0 Å². The van der Waals surface area contributed by atoms with Gasteiger partial charge in [0.2, 0.25) is 5.91 Å². The molecule has 3 aromatic rings. The van der Waals surface area contributed by atoms with Gasteiger partial charge in [0.15, 0.2) is 11.5 Å². The second-order valence-electron chi connectivity index (χ2n) is 7.76. The van der Waals surface area contributed by atoms with Crippen molar-refractivity contribution in [3.8, 4) is 17.2 Å². The zero-order valence-electron chi connectivity index (χ0n) is 19.2. The van der Waals surface area contributed by atoms with Crippen molar-refractivity contribution in [3.63, 3.8) is 0 Å². The van der Waals surface area contributed by atoms with E-state index >= 15 is 0 Å². The second kappa shape index (κ2) is 9.61. The lowest BCUT2D eigenvalue weighted by atomic mass is 9.79. The number of hydrogen-bond acceptors (Lipinski definition) is 6. The number of nitrogens with one attached hydrogen (secondary N) is 1. The molecule has 8 nitrogen and oxygen atoms in total. The SMILES string of the molecule is COc1ccc(NC(=O)[C@@H]2c3cc(OC)c(OC)cc3C(=O)N(C)[C@H]2c2cccnc2)cc1Cl. The number of hydrogen-bond donors (Lipinski definition) is 1. The number of rotatable bonds is 6. The molecule has 34 heavy (non-hydrogen) atoms. The first-order valence-electron chi connectivity index (χ1n) is 10.5. The average Bonchev–Trinajstić information content (AvgIpc) is 2.85. The third kappa shape index (κ3) is 4.12. The van der Waals surface area contributed by atoms with Crippen LogP contribution in [0.5, 0.6) is 17.2 Å². The van der Waals surface area contributed by atoms with Gasteiger partial charge in [-0.1, -0.05) is 17.7 Å². The van der Waals surface area contributed by atoms with Crippen LogP contribution in [0.4, 0.5) is 5.69 Å². The summed E-state index contributed by atoms with van der Waals surface area (Å²) in [6.07, 6.45) is 3.30. The van der Waals surface area contributed by atoms with Crippen LogP contribution in [0.1, 0.15) is 33.4 Å². The van der Waals surface area contributed by atoms with Gasteiger partial charge in [0.1, 0.15) is 5.75 Å². The highest BCUT2D eigenvalue weighted by atomic mass is 35.5. The lowest BCUT2D eigenvalue weighted by Gasteiger charge is -2.39. The van der Waals surface area contributed by atoms with Gasteiger partial charge in [-0.3, -0.25) is 14.6 Å². The molecule has 2 aromatic carbocycles. The molecule has 2 amide bonds. The lowest BCUT2D eigenvalue weighted by Crippen LogP contribution is -2.44. The molecule has 2 heterocycles. The lowest BCUT2D eigenvalue weighted by molar-refractivity contribution is -0.119. The van der Waals surface area contributed by atoms with Gasteiger partial charge < -0.3 is 24.4 Å². The predicted molar refractivity (Wildman–Crippen MR) is 128 cm³/mol. The fourth-order valence-electron chi connectivity index (χ4n) is 4.26. The third-order valence-electron chi connectivity index (χ3n) is 5.90. The topological polar surface area (TPSA) is 90.0 Å². The maximum atomic E-state index is 13.8. The summed E-state index contributed by atoms with van der Waals surface area (Å²) in [5, 5.41) is 3.30. The van der Waals surface area contributed by atoms with Crippen molar-refractivity contribution in [2.45, 2.75) is 12.0 Å². The fourth-order valence-corrected chi connectivity index (χ4v) is 4.52. The number of halogens is 1. The monoisotopic (exact) mass is 481 g/mol. The van der Waals surface area contributed by atoms with E-state index in [1.807, 2.05) is 6.07 Å². The van der Waals surface area contributed by atoms with E-state index in [0.29, 0.717) is 39.1 Å². The van der Waals surface area contributed by atoms with Crippen LogP contribution in [-0.4, -0.2) is 50.1 Å². The molecule has 2 atom stereocenters.